The largest absolute Gasteiger partial charge is 0.308 e. The molecule has 0 heterocycles. The third-order valence-corrected chi connectivity index (χ3v) is 3.72. The lowest BCUT2D eigenvalue weighted by Crippen LogP contribution is -2.39. The van der Waals surface area contributed by atoms with Gasteiger partial charge in [0.2, 0.25) is 10.0 Å². The van der Waals surface area contributed by atoms with Gasteiger partial charge in [-0.25, -0.2) is 17.5 Å². The summed E-state index contributed by atoms with van der Waals surface area (Å²) in [4.78, 5) is 1.96. The van der Waals surface area contributed by atoms with Gasteiger partial charge in [-0.05, 0) is 45.3 Å². The minimum absolute atomic E-state index is 0.0736. The number of hydrogen-bond acceptors (Lipinski definition) is 3. The molecule has 0 fully saturated rings. The van der Waals surface area contributed by atoms with Gasteiger partial charge in [0, 0.05) is 12.6 Å². The number of rotatable bonds is 5. The van der Waals surface area contributed by atoms with E-state index in [0.29, 0.717) is 6.54 Å². The van der Waals surface area contributed by atoms with Gasteiger partial charge < -0.3 is 4.90 Å². The predicted octanol–water partition coefficient (Wildman–Crippen LogP) is 1.05. The SMILES string of the molecule is CC(CN(C)C)NS(=O)(=O)c1ccc(F)cc1. The normalized spacial score (nSPS) is 13.9. The number of benzene rings is 1. The molecule has 1 aromatic rings. The molecule has 0 spiro atoms. The monoisotopic (exact) mass is 260 g/mol. The molecule has 1 atom stereocenters. The van der Waals surface area contributed by atoms with E-state index < -0.39 is 15.8 Å². The maximum absolute atomic E-state index is 12.7. The van der Waals surface area contributed by atoms with Crippen LogP contribution >= 0.6 is 0 Å². The first kappa shape index (κ1) is 14.1. The van der Waals surface area contributed by atoms with Gasteiger partial charge in [0.25, 0.3) is 0 Å². The number of sulfonamides is 1. The van der Waals surface area contributed by atoms with Gasteiger partial charge in [0.05, 0.1) is 4.90 Å². The van der Waals surface area contributed by atoms with Gasteiger partial charge in [-0.15, -0.1) is 0 Å². The van der Waals surface area contributed by atoms with E-state index in [1.807, 2.05) is 19.0 Å². The van der Waals surface area contributed by atoms with Gasteiger partial charge >= 0.3 is 0 Å². The molecule has 0 aliphatic carbocycles. The Morgan fingerprint density at radius 3 is 2.29 bits per heavy atom. The lowest BCUT2D eigenvalue weighted by molar-refractivity contribution is 0.370. The Morgan fingerprint density at radius 2 is 1.82 bits per heavy atom. The summed E-state index contributed by atoms with van der Waals surface area (Å²) in [5, 5.41) is 0. The fourth-order valence-corrected chi connectivity index (χ4v) is 2.77. The van der Waals surface area contributed by atoms with Crippen LogP contribution in [0.5, 0.6) is 0 Å². The molecule has 1 unspecified atom stereocenters. The van der Waals surface area contributed by atoms with Crippen LogP contribution < -0.4 is 4.72 Å². The van der Waals surface area contributed by atoms with E-state index in [4.69, 9.17) is 0 Å². The average molecular weight is 260 g/mol. The molecule has 4 nitrogen and oxygen atoms in total. The Hall–Kier alpha value is -0.980. The van der Waals surface area contributed by atoms with E-state index in [0.717, 1.165) is 12.1 Å². The second kappa shape index (κ2) is 5.57. The summed E-state index contributed by atoms with van der Waals surface area (Å²) in [7, 11) is 0.162. The van der Waals surface area contributed by atoms with Crippen LogP contribution in [-0.4, -0.2) is 40.0 Å². The third-order valence-electron chi connectivity index (χ3n) is 2.12. The number of halogens is 1. The molecule has 6 heteroatoms. The smallest absolute Gasteiger partial charge is 0.240 e. The summed E-state index contributed by atoms with van der Waals surface area (Å²) in [6.07, 6.45) is 0. The summed E-state index contributed by atoms with van der Waals surface area (Å²) in [5.41, 5.74) is 0. The van der Waals surface area contributed by atoms with Crippen LogP contribution in [0.1, 0.15) is 6.92 Å². The van der Waals surface area contributed by atoms with Gasteiger partial charge in [-0.3, -0.25) is 0 Å². The molecule has 1 rings (SSSR count). The Balaban J connectivity index is 2.78. The molecular weight excluding hydrogens is 243 g/mol. The standard InChI is InChI=1S/C11H17FN2O2S/c1-9(8-14(2)3)13-17(15,16)11-6-4-10(12)5-7-11/h4-7,9,13H,8H2,1-3H3. The second-order valence-electron chi connectivity index (χ2n) is 4.24. The van der Waals surface area contributed by atoms with Crippen LogP contribution in [0.3, 0.4) is 0 Å². The zero-order valence-corrected chi connectivity index (χ0v) is 11.0. The van der Waals surface area contributed by atoms with Crippen LogP contribution in [-0.2, 0) is 10.0 Å². The van der Waals surface area contributed by atoms with Crippen molar-refractivity contribution in [1.82, 2.24) is 9.62 Å². The van der Waals surface area contributed by atoms with Crippen molar-refractivity contribution in [3.8, 4) is 0 Å². The maximum Gasteiger partial charge on any atom is 0.240 e. The first-order valence-electron chi connectivity index (χ1n) is 5.24. The maximum atomic E-state index is 12.7. The minimum atomic E-state index is -3.57. The van der Waals surface area contributed by atoms with Crippen LogP contribution in [0.4, 0.5) is 4.39 Å². The molecule has 0 amide bonds. The van der Waals surface area contributed by atoms with E-state index in [-0.39, 0.29) is 10.9 Å². The highest BCUT2D eigenvalue weighted by molar-refractivity contribution is 7.89. The van der Waals surface area contributed by atoms with Crippen LogP contribution in [0.15, 0.2) is 29.2 Å². The molecule has 1 aromatic carbocycles. The number of nitrogens with one attached hydrogen (secondary N) is 1. The topological polar surface area (TPSA) is 49.4 Å². The fraction of sp³-hybridized carbons (Fsp3) is 0.455. The molecule has 96 valence electrons. The molecule has 0 aliphatic heterocycles. The lowest BCUT2D eigenvalue weighted by Gasteiger charge is -2.18. The van der Waals surface area contributed by atoms with E-state index >= 15 is 0 Å². The van der Waals surface area contributed by atoms with Crippen LogP contribution in [0.25, 0.3) is 0 Å². The number of likely N-dealkylation sites (N-methyl/N-ethyl adjacent to an activating group) is 1. The first-order valence-corrected chi connectivity index (χ1v) is 6.72. The molecular formula is C11H17FN2O2S. The van der Waals surface area contributed by atoms with Crippen LogP contribution in [0, 0.1) is 5.82 Å². The molecule has 1 N–H and O–H groups in total. The Bertz CT molecular complexity index is 457. The highest BCUT2D eigenvalue weighted by Crippen LogP contribution is 2.10. The summed E-state index contributed by atoms with van der Waals surface area (Å²) < 4.78 is 39.0. The fourth-order valence-electron chi connectivity index (χ4n) is 1.53. The van der Waals surface area contributed by atoms with Crippen molar-refractivity contribution in [1.29, 1.82) is 0 Å². The molecule has 0 saturated carbocycles. The zero-order chi connectivity index (χ0) is 13.1. The van der Waals surface area contributed by atoms with Crippen molar-refractivity contribution in [2.75, 3.05) is 20.6 Å². The number of hydrogen-bond donors (Lipinski definition) is 1. The van der Waals surface area contributed by atoms with E-state index in [1.165, 1.54) is 12.1 Å². The summed E-state index contributed by atoms with van der Waals surface area (Å²) >= 11 is 0. The third kappa shape index (κ3) is 4.41. The molecule has 0 radical (unpaired) electrons. The van der Waals surface area contributed by atoms with Crippen molar-refractivity contribution in [2.24, 2.45) is 0 Å². The molecule has 0 bridgehead atoms. The quantitative estimate of drug-likeness (QED) is 0.861. The van der Waals surface area contributed by atoms with Crippen molar-refractivity contribution in [3.63, 3.8) is 0 Å². The van der Waals surface area contributed by atoms with Crippen molar-refractivity contribution in [3.05, 3.63) is 30.1 Å². The highest BCUT2D eigenvalue weighted by Gasteiger charge is 2.17. The summed E-state index contributed by atoms with van der Waals surface area (Å²) in [6.45, 7) is 2.38. The van der Waals surface area contributed by atoms with Gasteiger partial charge in [0.15, 0.2) is 0 Å². The van der Waals surface area contributed by atoms with E-state index in [9.17, 15) is 12.8 Å². The predicted molar refractivity (Wildman–Crippen MR) is 64.7 cm³/mol. The van der Waals surface area contributed by atoms with Gasteiger partial charge in [-0.1, -0.05) is 0 Å². The number of nitrogens with zero attached hydrogens (tertiary/aromatic N) is 1. The Morgan fingerprint density at radius 1 is 1.29 bits per heavy atom. The van der Waals surface area contributed by atoms with E-state index in [2.05, 4.69) is 4.72 Å². The minimum Gasteiger partial charge on any atom is -0.308 e. The molecule has 0 saturated heterocycles. The van der Waals surface area contributed by atoms with Crippen molar-refractivity contribution < 1.29 is 12.8 Å². The first-order chi connectivity index (χ1) is 7.81. The van der Waals surface area contributed by atoms with Gasteiger partial charge in [0.1, 0.15) is 5.82 Å². The molecule has 0 aliphatic rings. The zero-order valence-electron chi connectivity index (χ0n) is 10.1. The molecule has 17 heavy (non-hydrogen) atoms. The van der Waals surface area contributed by atoms with E-state index in [1.54, 1.807) is 6.92 Å². The average Bonchev–Trinajstić information content (AvgIpc) is 2.15. The Kier molecular flexibility index (Phi) is 4.62. The van der Waals surface area contributed by atoms with Crippen molar-refractivity contribution in [2.45, 2.75) is 17.9 Å². The summed E-state index contributed by atoms with van der Waals surface area (Å²) in [6, 6.07) is 4.55. The van der Waals surface area contributed by atoms with Crippen LogP contribution in [0.2, 0.25) is 0 Å². The highest BCUT2D eigenvalue weighted by atomic mass is 32.2. The second-order valence-corrected chi connectivity index (χ2v) is 5.95. The van der Waals surface area contributed by atoms with Crippen molar-refractivity contribution >= 4 is 10.0 Å². The summed E-state index contributed by atoms with van der Waals surface area (Å²) in [5.74, 6) is -0.453. The Labute approximate surface area is 101 Å². The van der Waals surface area contributed by atoms with Gasteiger partial charge in [-0.2, -0.15) is 0 Å². The molecule has 0 aromatic heterocycles. The lowest BCUT2D eigenvalue weighted by atomic mass is 10.3.